The predicted molar refractivity (Wildman–Crippen MR) is 99.1 cm³/mol. The van der Waals surface area contributed by atoms with E-state index in [1.54, 1.807) is 6.07 Å². The minimum atomic E-state index is -0.133. The van der Waals surface area contributed by atoms with Crippen LogP contribution in [-0.2, 0) is 0 Å². The average Bonchev–Trinajstić information content (AvgIpc) is 2.60. The molecule has 2 rings (SSSR count). The van der Waals surface area contributed by atoms with Gasteiger partial charge in [0.2, 0.25) is 0 Å². The number of hydrogen-bond donors (Lipinski definition) is 2. The third-order valence-corrected chi connectivity index (χ3v) is 4.32. The summed E-state index contributed by atoms with van der Waals surface area (Å²) in [6.07, 6.45) is 3.26. The van der Waals surface area contributed by atoms with Crippen LogP contribution in [0.4, 0.5) is 10.1 Å². The smallest absolute Gasteiger partial charge is 0.188 e. The van der Waals surface area contributed by atoms with E-state index in [4.69, 9.17) is 5.73 Å². The number of anilines is 1. The zero-order valence-corrected chi connectivity index (χ0v) is 14.7. The minimum absolute atomic E-state index is 0.133. The highest BCUT2D eigenvalue weighted by Gasteiger charge is 2.18. The Morgan fingerprint density at radius 2 is 1.96 bits per heavy atom. The molecule has 1 aromatic rings. The molecule has 1 saturated heterocycles. The zero-order valence-electron chi connectivity index (χ0n) is 14.7. The summed E-state index contributed by atoms with van der Waals surface area (Å²) in [7, 11) is 0. The van der Waals surface area contributed by atoms with Gasteiger partial charge in [-0.25, -0.2) is 4.39 Å². The van der Waals surface area contributed by atoms with Crippen molar-refractivity contribution in [1.29, 1.82) is 0 Å². The Bertz CT molecular complexity index is 512. The lowest BCUT2D eigenvalue weighted by Crippen LogP contribution is -2.47. The van der Waals surface area contributed by atoms with Crippen molar-refractivity contribution in [2.75, 3.05) is 50.7 Å². The molecule has 0 aliphatic carbocycles. The Balaban J connectivity index is 1.63. The fourth-order valence-electron chi connectivity index (χ4n) is 2.86. The van der Waals surface area contributed by atoms with Gasteiger partial charge in [-0.05, 0) is 25.0 Å². The van der Waals surface area contributed by atoms with Crippen molar-refractivity contribution in [2.24, 2.45) is 10.7 Å². The van der Waals surface area contributed by atoms with Gasteiger partial charge in [0, 0.05) is 45.8 Å². The van der Waals surface area contributed by atoms with Crippen LogP contribution < -0.4 is 16.0 Å². The third kappa shape index (κ3) is 6.00. The van der Waals surface area contributed by atoms with E-state index in [2.05, 4.69) is 27.0 Å². The van der Waals surface area contributed by atoms with Crippen LogP contribution in [0.25, 0.3) is 0 Å². The van der Waals surface area contributed by atoms with E-state index in [-0.39, 0.29) is 5.82 Å². The van der Waals surface area contributed by atoms with Crippen LogP contribution >= 0.6 is 0 Å². The van der Waals surface area contributed by atoms with Gasteiger partial charge in [-0.15, -0.1) is 0 Å². The molecule has 5 nitrogen and oxygen atoms in total. The number of hydrogen-bond acceptors (Lipinski definition) is 3. The lowest BCUT2D eigenvalue weighted by molar-refractivity contribution is 0.256. The van der Waals surface area contributed by atoms with Crippen molar-refractivity contribution < 1.29 is 4.39 Å². The molecule has 0 spiro atoms. The summed E-state index contributed by atoms with van der Waals surface area (Å²) in [5.74, 6) is 0.416. The van der Waals surface area contributed by atoms with Crippen LogP contribution in [0.2, 0.25) is 0 Å². The summed E-state index contributed by atoms with van der Waals surface area (Å²) in [6.45, 7) is 8.46. The number of rotatable bonds is 8. The van der Waals surface area contributed by atoms with Gasteiger partial charge in [0.25, 0.3) is 0 Å². The van der Waals surface area contributed by atoms with E-state index >= 15 is 0 Å². The van der Waals surface area contributed by atoms with Crippen LogP contribution in [0.3, 0.4) is 0 Å². The first-order valence-corrected chi connectivity index (χ1v) is 8.96. The Kier molecular flexibility index (Phi) is 7.82. The molecular formula is C18H30FN5. The van der Waals surface area contributed by atoms with Crippen LogP contribution in [0.5, 0.6) is 0 Å². The quantitative estimate of drug-likeness (QED) is 0.434. The molecule has 3 N–H and O–H groups in total. The molecule has 0 bridgehead atoms. The summed E-state index contributed by atoms with van der Waals surface area (Å²) in [6, 6.07) is 7.01. The van der Waals surface area contributed by atoms with Crippen LogP contribution in [0, 0.1) is 5.82 Å². The standard InChI is InChI=1S/C18H30FN5/c1-2-3-9-21-18(20)22-10-6-11-23-12-14-24(15-13-23)17-8-5-4-7-16(17)19/h4-5,7-8H,2-3,6,9-15H2,1H3,(H3,20,21,22). The molecular weight excluding hydrogens is 305 g/mol. The lowest BCUT2D eigenvalue weighted by atomic mass is 10.2. The van der Waals surface area contributed by atoms with Gasteiger partial charge in [0.15, 0.2) is 5.96 Å². The van der Waals surface area contributed by atoms with E-state index in [1.165, 1.54) is 6.07 Å². The number of guanidine groups is 1. The number of benzene rings is 1. The molecule has 0 atom stereocenters. The molecule has 24 heavy (non-hydrogen) atoms. The number of nitrogens with one attached hydrogen (secondary N) is 1. The van der Waals surface area contributed by atoms with Gasteiger partial charge in [-0.1, -0.05) is 25.5 Å². The third-order valence-electron chi connectivity index (χ3n) is 4.32. The van der Waals surface area contributed by atoms with Crippen molar-refractivity contribution in [3.63, 3.8) is 0 Å². The Morgan fingerprint density at radius 1 is 1.21 bits per heavy atom. The highest BCUT2D eigenvalue weighted by Crippen LogP contribution is 2.20. The predicted octanol–water partition coefficient (Wildman–Crippen LogP) is 2.04. The molecule has 134 valence electrons. The summed E-state index contributed by atoms with van der Waals surface area (Å²) >= 11 is 0. The highest BCUT2D eigenvalue weighted by atomic mass is 19.1. The normalized spacial score (nSPS) is 16.4. The zero-order chi connectivity index (χ0) is 17.2. The number of piperazine rings is 1. The van der Waals surface area contributed by atoms with Crippen LogP contribution in [0.15, 0.2) is 29.3 Å². The molecule has 1 heterocycles. The van der Waals surface area contributed by atoms with Crippen molar-refractivity contribution in [2.45, 2.75) is 26.2 Å². The van der Waals surface area contributed by atoms with E-state index in [0.29, 0.717) is 11.6 Å². The van der Waals surface area contributed by atoms with Crippen molar-refractivity contribution in [1.82, 2.24) is 10.2 Å². The second kappa shape index (κ2) is 10.1. The molecule has 6 heteroatoms. The summed E-state index contributed by atoms with van der Waals surface area (Å²) in [5.41, 5.74) is 6.53. The first kappa shape index (κ1) is 18.5. The van der Waals surface area contributed by atoms with E-state index in [1.807, 2.05) is 12.1 Å². The van der Waals surface area contributed by atoms with Gasteiger partial charge in [0.05, 0.1) is 5.69 Å². The van der Waals surface area contributed by atoms with E-state index < -0.39 is 0 Å². The second-order valence-corrected chi connectivity index (χ2v) is 6.18. The maximum atomic E-state index is 13.8. The summed E-state index contributed by atoms with van der Waals surface area (Å²) in [5, 5.41) is 3.12. The number of para-hydroxylation sites is 1. The maximum Gasteiger partial charge on any atom is 0.188 e. The monoisotopic (exact) mass is 335 g/mol. The number of aliphatic imine (C=N–C) groups is 1. The van der Waals surface area contributed by atoms with Gasteiger partial charge in [-0.3, -0.25) is 9.89 Å². The second-order valence-electron chi connectivity index (χ2n) is 6.18. The van der Waals surface area contributed by atoms with Crippen molar-refractivity contribution >= 4 is 11.6 Å². The van der Waals surface area contributed by atoms with E-state index in [9.17, 15) is 4.39 Å². The van der Waals surface area contributed by atoms with Gasteiger partial charge >= 0.3 is 0 Å². The Labute approximate surface area is 144 Å². The average molecular weight is 335 g/mol. The first-order valence-electron chi connectivity index (χ1n) is 8.96. The molecule has 0 aromatic heterocycles. The van der Waals surface area contributed by atoms with Crippen molar-refractivity contribution in [3.8, 4) is 0 Å². The van der Waals surface area contributed by atoms with E-state index in [0.717, 1.165) is 65.1 Å². The first-order chi connectivity index (χ1) is 11.7. The number of nitrogens with two attached hydrogens (primary N) is 1. The Morgan fingerprint density at radius 3 is 2.67 bits per heavy atom. The highest BCUT2D eigenvalue weighted by molar-refractivity contribution is 5.77. The fraction of sp³-hybridized carbons (Fsp3) is 0.611. The van der Waals surface area contributed by atoms with Gasteiger partial charge < -0.3 is 16.0 Å². The number of nitrogens with zero attached hydrogens (tertiary/aromatic N) is 3. The Hall–Kier alpha value is -1.82. The van der Waals surface area contributed by atoms with Gasteiger partial charge in [0.1, 0.15) is 5.82 Å². The molecule has 0 unspecified atom stereocenters. The maximum absolute atomic E-state index is 13.8. The molecule has 0 amide bonds. The molecule has 0 saturated carbocycles. The number of unbranched alkanes of at least 4 members (excludes halogenated alkanes) is 1. The lowest BCUT2D eigenvalue weighted by Gasteiger charge is -2.36. The molecule has 1 aliphatic rings. The molecule has 1 fully saturated rings. The topological polar surface area (TPSA) is 56.9 Å². The van der Waals surface area contributed by atoms with Gasteiger partial charge in [-0.2, -0.15) is 0 Å². The molecule has 1 aliphatic heterocycles. The largest absolute Gasteiger partial charge is 0.370 e. The number of halogens is 1. The SMILES string of the molecule is CCCCNC(N)=NCCCN1CCN(c2ccccc2F)CC1. The molecule has 0 radical (unpaired) electrons. The van der Waals surface area contributed by atoms with Crippen LogP contribution in [0.1, 0.15) is 26.2 Å². The molecule has 1 aromatic carbocycles. The fourth-order valence-corrected chi connectivity index (χ4v) is 2.86. The summed E-state index contributed by atoms with van der Waals surface area (Å²) < 4.78 is 13.8. The minimum Gasteiger partial charge on any atom is -0.370 e. The summed E-state index contributed by atoms with van der Waals surface area (Å²) in [4.78, 5) is 8.89. The van der Waals surface area contributed by atoms with Crippen molar-refractivity contribution in [3.05, 3.63) is 30.1 Å². The van der Waals surface area contributed by atoms with Crippen LogP contribution in [-0.4, -0.2) is 56.7 Å².